The molecule has 0 spiro atoms. The predicted molar refractivity (Wildman–Crippen MR) is 62.9 cm³/mol. The summed E-state index contributed by atoms with van der Waals surface area (Å²) in [4.78, 5) is 12.2. The lowest BCUT2D eigenvalue weighted by Gasteiger charge is -2.02. The molecule has 0 aliphatic heterocycles. The fourth-order valence-corrected chi connectivity index (χ4v) is 2.89. The zero-order chi connectivity index (χ0) is 11.0. The minimum atomic E-state index is -0.823. The van der Waals surface area contributed by atoms with Crippen LogP contribution in [0.1, 0.15) is 35.0 Å². The number of hydrogen-bond acceptors (Lipinski definition) is 2. The normalized spacial score (nSPS) is 11.1. The van der Waals surface area contributed by atoms with Gasteiger partial charge in [-0.2, -0.15) is 0 Å². The Kier molecular flexibility index (Phi) is 2.49. The van der Waals surface area contributed by atoms with Crippen LogP contribution in [0.5, 0.6) is 0 Å². The van der Waals surface area contributed by atoms with Gasteiger partial charge in [0.25, 0.3) is 0 Å². The van der Waals surface area contributed by atoms with Crippen molar-refractivity contribution in [3.8, 4) is 0 Å². The molecule has 1 N–H and O–H groups in total. The summed E-state index contributed by atoms with van der Waals surface area (Å²) in [6.07, 6.45) is 0. The van der Waals surface area contributed by atoms with E-state index in [2.05, 4.69) is 0 Å². The maximum absolute atomic E-state index is 11.2. The Morgan fingerprint density at radius 1 is 1.33 bits per heavy atom. The molecule has 0 saturated carbocycles. The van der Waals surface area contributed by atoms with Gasteiger partial charge in [-0.05, 0) is 12.0 Å². The smallest absolute Gasteiger partial charge is 0.337 e. The lowest BCUT2D eigenvalue weighted by molar-refractivity contribution is 0.0698. The van der Waals surface area contributed by atoms with Crippen molar-refractivity contribution in [2.45, 2.75) is 19.8 Å². The van der Waals surface area contributed by atoms with E-state index in [4.69, 9.17) is 0 Å². The third-order valence-corrected chi connectivity index (χ3v) is 3.83. The van der Waals surface area contributed by atoms with Crippen molar-refractivity contribution in [1.82, 2.24) is 0 Å². The molecular weight excluding hydrogens is 208 g/mol. The summed E-state index contributed by atoms with van der Waals surface area (Å²) in [5.41, 5.74) is 0.477. The van der Waals surface area contributed by atoms with Gasteiger partial charge >= 0.3 is 5.97 Å². The topological polar surface area (TPSA) is 37.3 Å². The van der Waals surface area contributed by atoms with Gasteiger partial charge in [0.15, 0.2) is 0 Å². The minimum Gasteiger partial charge on any atom is -0.478 e. The highest BCUT2D eigenvalue weighted by Gasteiger charge is 2.19. The monoisotopic (exact) mass is 220 g/mol. The van der Waals surface area contributed by atoms with Crippen LogP contribution in [-0.2, 0) is 0 Å². The van der Waals surface area contributed by atoms with E-state index >= 15 is 0 Å². The Bertz CT molecular complexity index is 511. The number of fused-ring (bicyclic) bond motifs is 1. The van der Waals surface area contributed by atoms with E-state index in [1.165, 1.54) is 0 Å². The second-order valence-corrected chi connectivity index (χ2v) is 4.88. The van der Waals surface area contributed by atoms with Crippen molar-refractivity contribution in [2.75, 3.05) is 0 Å². The van der Waals surface area contributed by atoms with Crippen LogP contribution in [0.25, 0.3) is 10.1 Å². The summed E-state index contributed by atoms with van der Waals surface area (Å²) in [5, 5.41) is 10.1. The lowest BCUT2D eigenvalue weighted by atomic mass is 10.0. The van der Waals surface area contributed by atoms with Gasteiger partial charge in [0, 0.05) is 15.0 Å². The lowest BCUT2D eigenvalue weighted by Crippen LogP contribution is -1.99. The number of carboxylic acids is 1. The highest BCUT2D eigenvalue weighted by atomic mass is 32.1. The summed E-state index contributed by atoms with van der Waals surface area (Å²) < 4.78 is 1.05. The van der Waals surface area contributed by atoms with E-state index in [-0.39, 0.29) is 5.92 Å². The maximum Gasteiger partial charge on any atom is 0.337 e. The third-order valence-electron chi connectivity index (χ3n) is 2.36. The zero-order valence-corrected chi connectivity index (χ0v) is 9.47. The van der Waals surface area contributed by atoms with Crippen LogP contribution >= 0.6 is 11.3 Å². The largest absolute Gasteiger partial charge is 0.478 e. The molecule has 78 valence electrons. The molecule has 1 aromatic carbocycles. The van der Waals surface area contributed by atoms with Crippen molar-refractivity contribution in [3.63, 3.8) is 0 Å². The summed E-state index contributed by atoms with van der Waals surface area (Å²) in [6, 6.07) is 7.67. The van der Waals surface area contributed by atoms with Crippen LogP contribution in [0.3, 0.4) is 0 Å². The fourth-order valence-electron chi connectivity index (χ4n) is 1.69. The molecule has 0 aliphatic rings. The number of benzene rings is 1. The van der Waals surface area contributed by atoms with E-state index in [0.29, 0.717) is 5.56 Å². The van der Waals surface area contributed by atoms with Crippen LogP contribution < -0.4 is 0 Å². The van der Waals surface area contributed by atoms with Crippen molar-refractivity contribution in [2.24, 2.45) is 0 Å². The van der Waals surface area contributed by atoms with Crippen LogP contribution in [0, 0.1) is 0 Å². The Balaban J connectivity index is 2.80. The molecule has 0 aliphatic carbocycles. The van der Waals surface area contributed by atoms with Gasteiger partial charge in [0.1, 0.15) is 0 Å². The highest BCUT2D eigenvalue weighted by Crippen LogP contribution is 2.35. The maximum atomic E-state index is 11.2. The van der Waals surface area contributed by atoms with Crippen LogP contribution in [0.15, 0.2) is 24.3 Å². The summed E-state index contributed by atoms with van der Waals surface area (Å²) in [5.74, 6) is -0.565. The predicted octanol–water partition coefficient (Wildman–Crippen LogP) is 3.72. The summed E-state index contributed by atoms with van der Waals surface area (Å²) in [6.45, 7) is 4.05. The Hall–Kier alpha value is -1.35. The quantitative estimate of drug-likeness (QED) is 0.837. The van der Waals surface area contributed by atoms with Crippen molar-refractivity contribution in [3.05, 3.63) is 34.7 Å². The molecule has 2 aromatic rings. The molecule has 15 heavy (non-hydrogen) atoms. The van der Waals surface area contributed by atoms with Gasteiger partial charge in [0.2, 0.25) is 0 Å². The first-order chi connectivity index (χ1) is 7.11. The van der Waals surface area contributed by atoms with Gasteiger partial charge in [-0.1, -0.05) is 32.0 Å². The molecule has 0 atom stereocenters. The molecule has 1 heterocycles. The van der Waals surface area contributed by atoms with Crippen LogP contribution in [0.4, 0.5) is 0 Å². The van der Waals surface area contributed by atoms with Gasteiger partial charge in [-0.3, -0.25) is 0 Å². The first kappa shape index (κ1) is 10.2. The van der Waals surface area contributed by atoms with Crippen LogP contribution in [-0.4, -0.2) is 11.1 Å². The molecule has 0 unspecified atom stereocenters. The zero-order valence-electron chi connectivity index (χ0n) is 8.65. The van der Waals surface area contributed by atoms with Gasteiger partial charge in [0.05, 0.1) is 5.56 Å². The third kappa shape index (κ3) is 1.63. The highest BCUT2D eigenvalue weighted by molar-refractivity contribution is 7.19. The Morgan fingerprint density at radius 3 is 2.60 bits per heavy atom. The number of thiophene rings is 1. The minimum absolute atomic E-state index is 0.258. The first-order valence-electron chi connectivity index (χ1n) is 4.86. The number of rotatable bonds is 2. The van der Waals surface area contributed by atoms with E-state index < -0.39 is 5.97 Å². The number of aromatic carboxylic acids is 1. The Labute approximate surface area is 92.2 Å². The molecule has 0 radical (unpaired) electrons. The Morgan fingerprint density at radius 2 is 2.00 bits per heavy atom. The second kappa shape index (κ2) is 3.66. The standard InChI is InChI=1S/C12H12O2S/c1-7(2)11-10(12(13)14)8-5-3-4-6-9(8)15-11/h3-7H,1-2H3,(H,13,14). The van der Waals surface area contributed by atoms with E-state index in [0.717, 1.165) is 15.0 Å². The molecule has 1 aromatic heterocycles. The summed E-state index contributed by atoms with van der Waals surface area (Å²) in [7, 11) is 0. The van der Waals surface area contributed by atoms with Gasteiger partial charge in [-0.25, -0.2) is 4.79 Å². The van der Waals surface area contributed by atoms with E-state index in [1.54, 1.807) is 11.3 Å². The average molecular weight is 220 g/mol. The second-order valence-electron chi connectivity index (χ2n) is 3.80. The van der Waals surface area contributed by atoms with Gasteiger partial charge < -0.3 is 5.11 Å². The molecule has 2 rings (SSSR count). The van der Waals surface area contributed by atoms with Crippen molar-refractivity contribution >= 4 is 27.4 Å². The van der Waals surface area contributed by atoms with E-state index in [9.17, 15) is 9.90 Å². The molecule has 0 bridgehead atoms. The first-order valence-corrected chi connectivity index (χ1v) is 5.67. The number of hydrogen-bond donors (Lipinski definition) is 1. The molecule has 0 amide bonds. The number of carboxylic acid groups (broad SMARTS) is 1. The molecular formula is C12H12O2S. The van der Waals surface area contributed by atoms with Crippen molar-refractivity contribution in [1.29, 1.82) is 0 Å². The number of carbonyl (C=O) groups is 1. The SMILES string of the molecule is CC(C)c1sc2ccccc2c1C(=O)O. The van der Waals surface area contributed by atoms with Crippen LogP contribution in [0.2, 0.25) is 0 Å². The van der Waals surface area contributed by atoms with E-state index in [1.807, 2.05) is 38.1 Å². The summed E-state index contributed by atoms with van der Waals surface area (Å²) >= 11 is 1.58. The molecule has 0 fully saturated rings. The van der Waals surface area contributed by atoms with Gasteiger partial charge in [-0.15, -0.1) is 11.3 Å². The average Bonchev–Trinajstić information content (AvgIpc) is 2.56. The molecule has 3 heteroatoms. The molecule has 2 nitrogen and oxygen atoms in total. The molecule has 0 saturated heterocycles. The van der Waals surface area contributed by atoms with Crippen molar-refractivity contribution < 1.29 is 9.90 Å². The fraction of sp³-hybridized carbons (Fsp3) is 0.250.